The van der Waals surface area contributed by atoms with Gasteiger partial charge in [-0.05, 0) is 50.9 Å². The van der Waals surface area contributed by atoms with E-state index in [1.54, 1.807) is 30.7 Å². The van der Waals surface area contributed by atoms with Crippen molar-refractivity contribution in [1.29, 1.82) is 0 Å². The first kappa shape index (κ1) is 31.6. The number of likely N-dealkylation sites (tertiary alicyclic amines) is 1. The lowest BCUT2D eigenvalue weighted by Gasteiger charge is -2.45. The first-order chi connectivity index (χ1) is 19.3. The Labute approximate surface area is 249 Å². The van der Waals surface area contributed by atoms with Crippen LogP contribution >= 0.6 is 23.4 Å². The van der Waals surface area contributed by atoms with Gasteiger partial charge in [0.15, 0.2) is 0 Å². The maximum absolute atomic E-state index is 13.6. The summed E-state index contributed by atoms with van der Waals surface area (Å²) in [5, 5.41) is 16.5. The molecule has 0 aliphatic carbocycles. The second-order valence-electron chi connectivity index (χ2n) is 12.7. The van der Waals surface area contributed by atoms with Gasteiger partial charge in [0.1, 0.15) is 5.50 Å². The van der Waals surface area contributed by atoms with E-state index in [1.807, 2.05) is 0 Å². The number of hydrogen-bond acceptors (Lipinski definition) is 8. The largest absolute Gasteiger partial charge is 0.392 e. The molecule has 5 aliphatic rings. The summed E-state index contributed by atoms with van der Waals surface area (Å²) in [6.45, 7) is 7.46. The lowest BCUT2D eigenvalue weighted by molar-refractivity contribution is -0.200. The molecule has 9 nitrogen and oxygen atoms in total. The molecule has 5 rings (SSSR count). The SMILES string of the molecule is COC1CNC(Cl)CC1C1CC(C)NCC1C(=O)NC1NC2CN(C(=O)C3NC(C)CC(C(F)(F)F)C3C)CC2S1. The van der Waals surface area contributed by atoms with E-state index in [2.05, 4.69) is 33.5 Å². The summed E-state index contributed by atoms with van der Waals surface area (Å²) < 4.78 is 46.7. The fourth-order valence-corrected chi connectivity index (χ4v) is 9.43. The molecule has 41 heavy (non-hydrogen) atoms. The molecule has 5 aliphatic heterocycles. The molecule has 0 aromatic carbocycles. The number of thioether (sulfide) groups is 1. The number of rotatable bonds is 5. The summed E-state index contributed by atoms with van der Waals surface area (Å²) in [5.41, 5.74) is -0.435. The zero-order chi connectivity index (χ0) is 29.6. The molecule has 14 heteroatoms. The van der Waals surface area contributed by atoms with Gasteiger partial charge in [0, 0.05) is 56.7 Å². The van der Waals surface area contributed by atoms with E-state index < -0.39 is 24.1 Å². The van der Waals surface area contributed by atoms with Crippen LogP contribution in [0.25, 0.3) is 0 Å². The van der Waals surface area contributed by atoms with E-state index in [9.17, 15) is 22.8 Å². The van der Waals surface area contributed by atoms with E-state index in [0.29, 0.717) is 32.2 Å². The van der Waals surface area contributed by atoms with Crippen LogP contribution in [0.2, 0.25) is 0 Å². The highest BCUT2D eigenvalue weighted by atomic mass is 35.5. The summed E-state index contributed by atoms with van der Waals surface area (Å²) in [5.74, 6) is -2.54. The number of alkyl halides is 4. The van der Waals surface area contributed by atoms with Gasteiger partial charge in [-0.2, -0.15) is 13.2 Å². The number of carbonyl (C=O) groups is 2. The van der Waals surface area contributed by atoms with Crippen molar-refractivity contribution < 1.29 is 27.5 Å². The number of methoxy groups -OCH3 is 1. The van der Waals surface area contributed by atoms with Gasteiger partial charge in [-0.3, -0.25) is 20.2 Å². The summed E-state index contributed by atoms with van der Waals surface area (Å²) in [4.78, 5) is 28.7. The standard InChI is InChI=1S/C27H44ClF3N6O3S/c1-12-5-15(16-7-22(28)33-9-20(16)40-4)17(8-32-12)24(38)36-26-35-19-10-37(11-21(19)41-26)25(39)23-14(3)18(27(29,30)31)6-13(2)34-23/h12-23,26,32-35H,5-11H2,1-4H3,(H,36,38). The minimum atomic E-state index is -4.33. The zero-order valence-corrected chi connectivity index (χ0v) is 25.6. The van der Waals surface area contributed by atoms with Gasteiger partial charge in [-0.25, -0.2) is 0 Å². The number of nitrogens with zero attached hydrogens (tertiary/aromatic N) is 1. The molecule has 0 aromatic rings. The molecule has 5 heterocycles. The molecule has 0 bridgehead atoms. The van der Waals surface area contributed by atoms with E-state index >= 15 is 0 Å². The average molecular weight is 625 g/mol. The maximum Gasteiger partial charge on any atom is 0.392 e. The van der Waals surface area contributed by atoms with Gasteiger partial charge in [0.05, 0.1) is 29.5 Å². The van der Waals surface area contributed by atoms with Crippen LogP contribution in [0.4, 0.5) is 13.2 Å². The van der Waals surface area contributed by atoms with Gasteiger partial charge in [0.2, 0.25) is 11.8 Å². The molecule has 234 valence electrons. The third kappa shape index (κ3) is 6.81. The van der Waals surface area contributed by atoms with Crippen LogP contribution in [0.5, 0.6) is 0 Å². The number of carbonyl (C=O) groups excluding carboxylic acids is 2. The molecular weight excluding hydrogens is 581 g/mol. The van der Waals surface area contributed by atoms with Crippen molar-refractivity contribution in [3.05, 3.63) is 0 Å². The Morgan fingerprint density at radius 3 is 2.44 bits per heavy atom. The van der Waals surface area contributed by atoms with Crippen molar-refractivity contribution in [3.63, 3.8) is 0 Å². The van der Waals surface area contributed by atoms with E-state index in [4.69, 9.17) is 16.3 Å². The lowest BCUT2D eigenvalue weighted by atomic mass is 9.70. The second kappa shape index (κ2) is 12.6. The molecule has 2 amide bonds. The quantitative estimate of drug-likeness (QED) is 0.232. The second-order valence-corrected chi connectivity index (χ2v) is 14.6. The summed E-state index contributed by atoms with van der Waals surface area (Å²) >= 11 is 8.03. The van der Waals surface area contributed by atoms with Crippen LogP contribution in [-0.4, -0.2) is 103 Å². The highest BCUT2D eigenvalue weighted by molar-refractivity contribution is 8.00. The molecule has 5 saturated heterocycles. The number of nitrogens with one attached hydrogen (secondary N) is 5. The number of halogens is 4. The predicted molar refractivity (Wildman–Crippen MR) is 152 cm³/mol. The minimum Gasteiger partial charge on any atom is -0.380 e. The number of amides is 2. The Morgan fingerprint density at radius 1 is 1.00 bits per heavy atom. The highest BCUT2D eigenvalue weighted by Crippen LogP contribution is 2.41. The number of fused-ring (bicyclic) bond motifs is 1. The first-order valence-electron chi connectivity index (χ1n) is 14.8. The average Bonchev–Trinajstić information content (AvgIpc) is 3.47. The molecule has 0 saturated carbocycles. The van der Waals surface area contributed by atoms with Gasteiger partial charge >= 0.3 is 6.18 Å². The van der Waals surface area contributed by atoms with Crippen LogP contribution in [0, 0.1) is 29.6 Å². The Morgan fingerprint density at radius 2 is 1.76 bits per heavy atom. The van der Waals surface area contributed by atoms with Crippen LogP contribution < -0.4 is 26.6 Å². The molecule has 13 unspecified atom stereocenters. The highest BCUT2D eigenvalue weighted by Gasteiger charge is 2.53. The number of ether oxygens (including phenoxy) is 1. The smallest absolute Gasteiger partial charge is 0.380 e. The zero-order valence-electron chi connectivity index (χ0n) is 24.0. The normalized spacial score (nSPS) is 45.4. The fourth-order valence-electron chi connectivity index (χ4n) is 7.72. The van der Waals surface area contributed by atoms with Crippen LogP contribution in [0.3, 0.4) is 0 Å². The van der Waals surface area contributed by atoms with Crippen molar-refractivity contribution in [2.24, 2.45) is 29.6 Å². The van der Waals surface area contributed by atoms with Crippen molar-refractivity contribution >= 4 is 35.2 Å². The van der Waals surface area contributed by atoms with Gasteiger partial charge < -0.3 is 25.6 Å². The molecule has 0 spiro atoms. The van der Waals surface area contributed by atoms with E-state index in [1.165, 1.54) is 6.92 Å². The maximum atomic E-state index is 13.6. The topological polar surface area (TPSA) is 107 Å². The molecule has 13 atom stereocenters. The van der Waals surface area contributed by atoms with Gasteiger partial charge in [-0.1, -0.05) is 6.92 Å². The number of piperidine rings is 3. The van der Waals surface area contributed by atoms with Crippen LogP contribution in [0.1, 0.15) is 40.0 Å². The van der Waals surface area contributed by atoms with Gasteiger partial charge in [0.25, 0.3) is 0 Å². The van der Waals surface area contributed by atoms with Crippen molar-refractivity contribution in [3.8, 4) is 0 Å². The summed E-state index contributed by atoms with van der Waals surface area (Å²) in [6, 6.07) is -0.992. The van der Waals surface area contributed by atoms with Crippen LogP contribution in [-0.2, 0) is 14.3 Å². The lowest BCUT2D eigenvalue weighted by Crippen LogP contribution is -2.60. The predicted octanol–water partition coefficient (Wildman–Crippen LogP) is 1.67. The Bertz CT molecular complexity index is 954. The minimum absolute atomic E-state index is 0.00627. The fraction of sp³-hybridized carbons (Fsp3) is 0.926. The third-order valence-electron chi connectivity index (χ3n) is 9.96. The third-order valence-corrected chi connectivity index (χ3v) is 11.6. The molecule has 0 aromatic heterocycles. The monoisotopic (exact) mass is 624 g/mol. The van der Waals surface area contributed by atoms with Gasteiger partial charge in [-0.15, -0.1) is 23.4 Å². The van der Waals surface area contributed by atoms with Crippen LogP contribution in [0.15, 0.2) is 0 Å². The molecular formula is C27H44ClF3N6O3S. The Balaban J connectivity index is 1.17. The van der Waals surface area contributed by atoms with Crippen molar-refractivity contribution in [2.75, 3.05) is 33.3 Å². The molecule has 5 N–H and O–H groups in total. The van der Waals surface area contributed by atoms with E-state index in [-0.39, 0.29) is 70.4 Å². The van der Waals surface area contributed by atoms with Crippen molar-refractivity contribution in [1.82, 2.24) is 31.5 Å². The summed E-state index contributed by atoms with van der Waals surface area (Å²) in [7, 11) is 1.71. The molecule has 0 radical (unpaired) electrons. The van der Waals surface area contributed by atoms with E-state index in [0.717, 1.165) is 12.8 Å². The Kier molecular flexibility index (Phi) is 9.75. The van der Waals surface area contributed by atoms with Crippen molar-refractivity contribution in [2.45, 2.75) is 92.7 Å². The summed E-state index contributed by atoms with van der Waals surface area (Å²) in [6.07, 6.45) is -2.75. The Hall–Kier alpha value is -0.830. The molecule has 5 fully saturated rings. The first-order valence-corrected chi connectivity index (χ1v) is 16.2. The number of hydrogen-bond donors (Lipinski definition) is 5.